The van der Waals surface area contributed by atoms with Crippen LogP contribution < -0.4 is 10.9 Å². The first-order valence-electron chi connectivity index (χ1n) is 9.76. The van der Waals surface area contributed by atoms with Gasteiger partial charge >= 0.3 is 0 Å². The van der Waals surface area contributed by atoms with Gasteiger partial charge in [0.1, 0.15) is 4.70 Å². The van der Waals surface area contributed by atoms with E-state index in [4.69, 9.17) is 0 Å². The van der Waals surface area contributed by atoms with Crippen LogP contribution in [0.25, 0.3) is 15.9 Å². The Bertz CT molecular complexity index is 1280. The van der Waals surface area contributed by atoms with Crippen LogP contribution in [0.2, 0.25) is 0 Å². The molecule has 0 fully saturated rings. The Morgan fingerprint density at radius 2 is 1.93 bits per heavy atom. The first-order chi connectivity index (χ1) is 14.7. The number of carbonyl (C=O) groups excluding carboxylic acids is 1. The number of para-hydroxylation sites is 1. The Balaban J connectivity index is 1.39. The second-order valence-electron chi connectivity index (χ2n) is 7.15. The van der Waals surface area contributed by atoms with E-state index in [9.17, 15) is 9.59 Å². The van der Waals surface area contributed by atoms with Crippen molar-refractivity contribution >= 4 is 39.2 Å². The number of hydrogen-bond acceptors (Lipinski definition) is 5. The largest absolute Gasteiger partial charge is 0.349 e. The molecule has 2 aromatic carbocycles. The maximum absolute atomic E-state index is 13.1. The molecule has 4 aromatic rings. The third kappa shape index (κ3) is 3.55. The van der Waals surface area contributed by atoms with Gasteiger partial charge in [-0.15, -0.1) is 11.3 Å². The predicted octanol–water partition coefficient (Wildman–Crippen LogP) is 4.34. The van der Waals surface area contributed by atoms with Gasteiger partial charge in [-0.2, -0.15) is 0 Å². The summed E-state index contributed by atoms with van der Waals surface area (Å²) >= 11 is 2.68. The molecular weight excluding hydrogens is 414 g/mol. The molecule has 150 valence electrons. The fourth-order valence-electron chi connectivity index (χ4n) is 3.87. The van der Waals surface area contributed by atoms with Crippen LogP contribution in [-0.2, 0) is 11.2 Å². The predicted molar refractivity (Wildman–Crippen MR) is 122 cm³/mol. The number of hydrogen-bond donors (Lipinski definition) is 1. The molecule has 30 heavy (non-hydrogen) atoms. The van der Waals surface area contributed by atoms with Crippen LogP contribution in [-0.4, -0.2) is 21.2 Å². The third-order valence-electron chi connectivity index (χ3n) is 5.26. The lowest BCUT2D eigenvalue weighted by atomic mass is 10.1. The minimum absolute atomic E-state index is 0.0536. The van der Waals surface area contributed by atoms with E-state index in [1.807, 2.05) is 53.9 Å². The van der Waals surface area contributed by atoms with Crippen molar-refractivity contribution in [3.63, 3.8) is 0 Å². The molecule has 1 N–H and O–H groups in total. The first-order valence-corrected chi connectivity index (χ1v) is 11.6. The van der Waals surface area contributed by atoms with Crippen LogP contribution in [0.15, 0.2) is 76.0 Å². The zero-order valence-electron chi connectivity index (χ0n) is 16.1. The number of fused-ring (bicyclic) bond motifs is 2. The number of nitrogens with one attached hydrogen (secondary N) is 1. The zero-order chi connectivity index (χ0) is 20.5. The van der Waals surface area contributed by atoms with Gasteiger partial charge in [0, 0.05) is 0 Å². The number of aryl methyl sites for hydroxylation is 1. The molecule has 1 atom stereocenters. The highest BCUT2D eigenvalue weighted by molar-refractivity contribution is 7.99. The maximum Gasteiger partial charge on any atom is 0.276 e. The van der Waals surface area contributed by atoms with E-state index < -0.39 is 0 Å². The van der Waals surface area contributed by atoms with Gasteiger partial charge in [-0.1, -0.05) is 54.2 Å². The Hall–Kier alpha value is -2.90. The van der Waals surface area contributed by atoms with Crippen LogP contribution >= 0.6 is 23.1 Å². The number of carbonyl (C=O) groups is 1. The van der Waals surface area contributed by atoms with Crippen LogP contribution in [0.4, 0.5) is 0 Å². The fraction of sp³-hybridized carbons (Fsp3) is 0.174. The molecule has 0 saturated heterocycles. The van der Waals surface area contributed by atoms with Crippen molar-refractivity contribution in [1.29, 1.82) is 0 Å². The van der Waals surface area contributed by atoms with E-state index in [2.05, 4.69) is 22.4 Å². The molecule has 2 aromatic heterocycles. The van der Waals surface area contributed by atoms with Crippen molar-refractivity contribution in [3.8, 4) is 5.69 Å². The number of thiophene rings is 1. The number of benzene rings is 2. The lowest BCUT2D eigenvalue weighted by Gasteiger charge is -2.15. The molecule has 0 radical (unpaired) electrons. The van der Waals surface area contributed by atoms with E-state index >= 15 is 0 Å². The minimum atomic E-state index is -0.103. The van der Waals surface area contributed by atoms with Crippen LogP contribution in [0.1, 0.15) is 23.6 Å². The van der Waals surface area contributed by atoms with E-state index in [1.54, 1.807) is 4.57 Å². The van der Waals surface area contributed by atoms with E-state index in [1.165, 1.54) is 34.2 Å². The maximum atomic E-state index is 13.1. The molecular formula is C23H19N3O2S2. The smallest absolute Gasteiger partial charge is 0.276 e. The SMILES string of the molecule is O=C(CSc1nc2ccsc2c(=O)n1-c1ccccc1)N[C@H]1CCc2ccccc21. The number of amides is 1. The normalized spacial score (nSPS) is 15.3. The molecule has 5 rings (SSSR count). The monoisotopic (exact) mass is 433 g/mol. The Labute approximate surface area is 181 Å². The fourth-order valence-corrected chi connectivity index (χ4v) is 5.45. The minimum Gasteiger partial charge on any atom is -0.349 e. The Morgan fingerprint density at radius 3 is 2.80 bits per heavy atom. The Kier molecular flexibility index (Phi) is 5.14. The number of rotatable bonds is 5. The van der Waals surface area contributed by atoms with E-state index in [0.717, 1.165) is 18.5 Å². The molecule has 5 nitrogen and oxygen atoms in total. The van der Waals surface area contributed by atoms with Gasteiger partial charge < -0.3 is 5.32 Å². The van der Waals surface area contributed by atoms with Gasteiger partial charge in [0.15, 0.2) is 5.16 Å². The number of thioether (sulfide) groups is 1. The molecule has 0 bridgehead atoms. The Morgan fingerprint density at radius 1 is 1.13 bits per heavy atom. The van der Waals surface area contributed by atoms with Gasteiger partial charge in [0.2, 0.25) is 5.91 Å². The molecule has 0 spiro atoms. The van der Waals surface area contributed by atoms with Crippen molar-refractivity contribution < 1.29 is 4.79 Å². The highest BCUT2D eigenvalue weighted by Crippen LogP contribution is 2.31. The number of nitrogens with zero attached hydrogens (tertiary/aromatic N) is 2. The van der Waals surface area contributed by atoms with Crippen molar-refractivity contribution in [2.75, 3.05) is 5.75 Å². The molecule has 0 aliphatic heterocycles. The highest BCUT2D eigenvalue weighted by atomic mass is 32.2. The summed E-state index contributed by atoms with van der Waals surface area (Å²) in [5.74, 6) is 0.147. The lowest BCUT2D eigenvalue weighted by molar-refractivity contribution is -0.119. The molecule has 1 aliphatic carbocycles. The molecule has 7 heteroatoms. The van der Waals surface area contributed by atoms with Crippen LogP contribution in [0, 0.1) is 0 Å². The first kappa shape index (κ1) is 19.1. The average molecular weight is 434 g/mol. The van der Waals surface area contributed by atoms with Crippen molar-refractivity contribution in [2.24, 2.45) is 0 Å². The summed E-state index contributed by atoms with van der Waals surface area (Å²) in [7, 11) is 0. The summed E-state index contributed by atoms with van der Waals surface area (Å²) in [6.45, 7) is 0. The zero-order valence-corrected chi connectivity index (χ0v) is 17.7. The van der Waals surface area contributed by atoms with E-state index in [0.29, 0.717) is 15.4 Å². The van der Waals surface area contributed by atoms with Crippen LogP contribution in [0.3, 0.4) is 0 Å². The molecule has 1 amide bonds. The summed E-state index contributed by atoms with van der Waals surface area (Å²) in [4.78, 5) is 30.4. The molecule has 0 unspecified atom stereocenters. The molecule has 0 saturated carbocycles. The summed E-state index contributed by atoms with van der Waals surface area (Å²) < 4.78 is 2.22. The van der Waals surface area contributed by atoms with Crippen molar-refractivity contribution in [1.82, 2.24) is 14.9 Å². The molecule has 1 aliphatic rings. The van der Waals surface area contributed by atoms with Gasteiger partial charge in [-0.05, 0) is 47.5 Å². The average Bonchev–Trinajstić information content (AvgIpc) is 3.40. The van der Waals surface area contributed by atoms with Crippen LogP contribution in [0.5, 0.6) is 0 Å². The van der Waals surface area contributed by atoms with E-state index in [-0.39, 0.29) is 23.3 Å². The third-order valence-corrected chi connectivity index (χ3v) is 7.09. The topological polar surface area (TPSA) is 64.0 Å². The second kappa shape index (κ2) is 8.08. The van der Waals surface area contributed by atoms with Gasteiger partial charge in [-0.25, -0.2) is 4.98 Å². The van der Waals surface area contributed by atoms with Gasteiger partial charge in [0.25, 0.3) is 5.56 Å². The van der Waals surface area contributed by atoms with Gasteiger partial charge in [-0.3, -0.25) is 14.2 Å². The van der Waals surface area contributed by atoms with Crippen molar-refractivity contribution in [3.05, 3.63) is 87.5 Å². The number of aromatic nitrogens is 2. The summed E-state index contributed by atoms with van der Waals surface area (Å²) in [6, 6.07) is 19.6. The summed E-state index contributed by atoms with van der Waals surface area (Å²) in [6.07, 6.45) is 1.90. The second-order valence-corrected chi connectivity index (χ2v) is 9.01. The standard InChI is InChI=1S/C23H19N3O2S2/c27-20(24-18-11-10-15-6-4-5-9-17(15)18)14-30-23-25-19-12-13-29-21(19)22(28)26(23)16-7-2-1-3-8-16/h1-9,12-13,18H,10-11,14H2,(H,24,27)/t18-/m0/s1. The highest BCUT2D eigenvalue weighted by Gasteiger charge is 2.23. The van der Waals surface area contributed by atoms with Crippen molar-refractivity contribution in [2.45, 2.75) is 24.0 Å². The quantitative estimate of drug-likeness (QED) is 0.376. The van der Waals surface area contributed by atoms with Gasteiger partial charge in [0.05, 0.1) is 23.0 Å². The summed E-state index contributed by atoms with van der Waals surface area (Å²) in [5, 5.41) is 5.53. The molecule has 2 heterocycles. The lowest BCUT2D eigenvalue weighted by Crippen LogP contribution is -2.29. The summed E-state index contributed by atoms with van der Waals surface area (Å²) in [5.41, 5.74) is 3.82.